The molecule has 1 aromatic heterocycles. The van der Waals surface area contributed by atoms with Gasteiger partial charge in [-0.25, -0.2) is 4.39 Å². The number of nitrogens with zero attached hydrogens (tertiary/aromatic N) is 3. The third-order valence-corrected chi connectivity index (χ3v) is 5.95. The first kappa shape index (κ1) is 21.1. The van der Waals surface area contributed by atoms with Gasteiger partial charge in [0.05, 0.1) is 24.4 Å². The lowest BCUT2D eigenvalue weighted by Gasteiger charge is -2.41. The number of hydrogen-bond acceptors (Lipinski definition) is 7. The van der Waals surface area contributed by atoms with Crippen LogP contribution in [0.5, 0.6) is 0 Å². The van der Waals surface area contributed by atoms with E-state index in [1.54, 1.807) is 18.3 Å². The van der Waals surface area contributed by atoms with Crippen LogP contribution in [0, 0.1) is 5.82 Å². The topological polar surface area (TPSA) is 81.1 Å². The van der Waals surface area contributed by atoms with E-state index in [9.17, 15) is 14.6 Å². The third-order valence-electron chi connectivity index (χ3n) is 5.95. The van der Waals surface area contributed by atoms with Crippen LogP contribution in [0.25, 0.3) is 0 Å². The fourth-order valence-corrected chi connectivity index (χ4v) is 4.37. The molecule has 0 aliphatic carbocycles. The Morgan fingerprint density at radius 1 is 1.07 bits per heavy atom. The van der Waals surface area contributed by atoms with E-state index in [0.29, 0.717) is 13.1 Å². The second kappa shape index (κ2) is 9.80. The summed E-state index contributed by atoms with van der Waals surface area (Å²) in [5, 5.41) is 23.8. The van der Waals surface area contributed by atoms with Crippen molar-refractivity contribution in [2.45, 2.75) is 30.9 Å². The number of halogens is 1. The van der Waals surface area contributed by atoms with E-state index < -0.39 is 12.2 Å². The number of aromatic nitrogens is 1. The van der Waals surface area contributed by atoms with Crippen molar-refractivity contribution in [3.8, 4) is 0 Å². The number of aliphatic hydroxyl groups excluding tert-OH is 2. The molecule has 0 saturated carbocycles. The zero-order valence-electron chi connectivity index (χ0n) is 16.9. The van der Waals surface area contributed by atoms with Crippen LogP contribution >= 0.6 is 0 Å². The maximum atomic E-state index is 13.2. The molecule has 2 aromatic rings. The molecule has 1 aromatic carbocycles. The van der Waals surface area contributed by atoms with Crippen molar-refractivity contribution in [3.05, 3.63) is 60.2 Å². The minimum atomic E-state index is -0.742. The molecule has 3 heterocycles. The van der Waals surface area contributed by atoms with E-state index in [1.807, 2.05) is 18.2 Å². The average Bonchev–Trinajstić information content (AvgIpc) is 3.10. The fraction of sp³-hybridized carbons (Fsp3) is 0.500. The summed E-state index contributed by atoms with van der Waals surface area (Å²) in [5.74, 6) is -0.236. The molecule has 0 amide bonds. The molecule has 0 bridgehead atoms. The second-order valence-electron chi connectivity index (χ2n) is 7.83. The van der Waals surface area contributed by atoms with Crippen molar-refractivity contribution in [2.75, 3.05) is 44.2 Å². The molecule has 2 fully saturated rings. The fourth-order valence-electron chi connectivity index (χ4n) is 4.37. The lowest BCUT2D eigenvalue weighted by Crippen LogP contribution is -2.57. The minimum Gasteiger partial charge on any atom is -0.394 e. The first-order chi connectivity index (χ1) is 14.7. The number of rotatable bonds is 7. The number of ether oxygens (including phenoxy) is 1. The highest BCUT2D eigenvalue weighted by Crippen LogP contribution is 2.27. The summed E-state index contributed by atoms with van der Waals surface area (Å²) in [6, 6.07) is 12.2. The molecule has 7 nitrogen and oxygen atoms in total. The number of pyridine rings is 1. The van der Waals surface area contributed by atoms with Gasteiger partial charge >= 0.3 is 0 Å². The maximum Gasteiger partial charge on any atom is 0.123 e. The lowest BCUT2D eigenvalue weighted by atomic mass is 10.0. The molecule has 8 heteroatoms. The molecular formula is C22H29FN4O3. The molecule has 0 spiro atoms. The van der Waals surface area contributed by atoms with Crippen LogP contribution in [0.2, 0.25) is 0 Å². The van der Waals surface area contributed by atoms with E-state index in [-0.39, 0.29) is 24.6 Å². The average molecular weight is 416 g/mol. The van der Waals surface area contributed by atoms with Crippen molar-refractivity contribution in [2.24, 2.45) is 0 Å². The zero-order valence-corrected chi connectivity index (χ0v) is 16.9. The van der Waals surface area contributed by atoms with Crippen molar-refractivity contribution in [1.82, 2.24) is 15.2 Å². The van der Waals surface area contributed by atoms with Crippen LogP contribution in [-0.4, -0.2) is 83.8 Å². The van der Waals surface area contributed by atoms with Gasteiger partial charge in [0.1, 0.15) is 18.0 Å². The molecule has 4 atom stereocenters. The van der Waals surface area contributed by atoms with E-state index in [2.05, 4.69) is 20.1 Å². The monoisotopic (exact) mass is 416 g/mol. The number of piperazine rings is 1. The standard InChI is InChI=1S/C22H29FN4O3/c23-16-4-6-18(7-5-16)26-9-11-27(12-10-26)21-19(30-20(15-28)22(21)29)14-24-13-17-3-1-2-8-25-17/h1-8,19-22,24,28-29H,9-15H2/t19-,20+,21+,22-/m1/s1. The van der Waals surface area contributed by atoms with Crippen LogP contribution < -0.4 is 10.2 Å². The number of benzene rings is 1. The first-order valence-corrected chi connectivity index (χ1v) is 10.5. The minimum absolute atomic E-state index is 0.186. The number of hydrogen-bond donors (Lipinski definition) is 3. The van der Waals surface area contributed by atoms with E-state index in [4.69, 9.17) is 4.74 Å². The van der Waals surface area contributed by atoms with E-state index in [1.165, 1.54) is 12.1 Å². The van der Waals surface area contributed by atoms with Gasteiger partial charge in [0.2, 0.25) is 0 Å². The van der Waals surface area contributed by atoms with Crippen LogP contribution in [0.15, 0.2) is 48.7 Å². The third kappa shape index (κ3) is 4.79. The Hall–Kier alpha value is -2.10. The number of anilines is 1. The molecular weight excluding hydrogens is 387 g/mol. The molecule has 2 aliphatic heterocycles. The van der Waals surface area contributed by atoms with Crippen LogP contribution in [0.4, 0.5) is 10.1 Å². The molecule has 0 radical (unpaired) electrons. The van der Waals surface area contributed by atoms with Gasteiger partial charge in [0.15, 0.2) is 0 Å². The molecule has 0 unspecified atom stereocenters. The summed E-state index contributed by atoms with van der Waals surface area (Å²) in [6.45, 7) is 4.07. The van der Waals surface area contributed by atoms with Gasteiger partial charge in [-0.05, 0) is 36.4 Å². The molecule has 162 valence electrons. The largest absolute Gasteiger partial charge is 0.394 e. The smallest absolute Gasteiger partial charge is 0.123 e. The van der Waals surface area contributed by atoms with Crippen LogP contribution in [0.1, 0.15) is 5.69 Å². The summed E-state index contributed by atoms with van der Waals surface area (Å²) in [7, 11) is 0. The second-order valence-corrected chi connectivity index (χ2v) is 7.83. The Kier molecular flexibility index (Phi) is 6.91. The summed E-state index contributed by atoms with van der Waals surface area (Å²) in [6.07, 6.45) is 0.219. The van der Waals surface area contributed by atoms with Gasteiger partial charge in [-0.3, -0.25) is 9.88 Å². The van der Waals surface area contributed by atoms with Crippen molar-refractivity contribution in [3.63, 3.8) is 0 Å². The van der Waals surface area contributed by atoms with Gasteiger partial charge in [0, 0.05) is 51.2 Å². The van der Waals surface area contributed by atoms with Crippen LogP contribution in [0.3, 0.4) is 0 Å². The Bertz CT molecular complexity index is 787. The zero-order chi connectivity index (χ0) is 20.9. The highest BCUT2D eigenvalue weighted by Gasteiger charge is 2.46. The number of nitrogens with one attached hydrogen (secondary N) is 1. The van der Waals surface area contributed by atoms with Gasteiger partial charge in [-0.1, -0.05) is 6.07 Å². The van der Waals surface area contributed by atoms with E-state index >= 15 is 0 Å². The summed E-state index contributed by atoms with van der Waals surface area (Å²) >= 11 is 0. The molecule has 2 aliphatic rings. The molecule has 2 saturated heterocycles. The molecule has 3 N–H and O–H groups in total. The highest BCUT2D eigenvalue weighted by molar-refractivity contribution is 5.46. The normalized spacial score (nSPS) is 27.5. The molecule has 30 heavy (non-hydrogen) atoms. The van der Waals surface area contributed by atoms with Crippen molar-refractivity contribution < 1.29 is 19.3 Å². The van der Waals surface area contributed by atoms with Crippen molar-refractivity contribution >= 4 is 5.69 Å². The summed E-state index contributed by atoms with van der Waals surface area (Å²) in [4.78, 5) is 8.77. The van der Waals surface area contributed by atoms with Crippen molar-refractivity contribution in [1.29, 1.82) is 0 Å². The Balaban J connectivity index is 1.35. The van der Waals surface area contributed by atoms with Crippen LogP contribution in [-0.2, 0) is 11.3 Å². The van der Waals surface area contributed by atoms with Gasteiger partial charge in [0.25, 0.3) is 0 Å². The summed E-state index contributed by atoms with van der Waals surface area (Å²) < 4.78 is 19.2. The first-order valence-electron chi connectivity index (χ1n) is 10.5. The lowest BCUT2D eigenvalue weighted by molar-refractivity contribution is -0.0213. The predicted molar refractivity (Wildman–Crippen MR) is 112 cm³/mol. The maximum absolute atomic E-state index is 13.2. The Morgan fingerprint density at radius 3 is 2.50 bits per heavy atom. The summed E-state index contributed by atoms with van der Waals surface area (Å²) in [5.41, 5.74) is 1.94. The van der Waals surface area contributed by atoms with Gasteiger partial charge in [-0.15, -0.1) is 0 Å². The SMILES string of the molecule is OC[C@@H]1O[C@H](CNCc2ccccn2)[C@H](N2CCN(c3ccc(F)cc3)CC2)[C@@H]1O. The Morgan fingerprint density at radius 2 is 1.83 bits per heavy atom. The van der Waals surface area contributed by atoms with Gasteiger partial charge < -0.3 is 25.2 Å². The molecule has 4 rings (SSSR count). The highest BCUT2D eigenvalue weighted by atomic mass is 19.1. The Labute approximate surface area is 176 Å². The van der Waals surface area contributed by atoms with Gasteiger partial charge in [-0.2, -0.15) is 0 Å². The quantitative estimate of drug-likeness (QED) is 0.611. The predicted octanol–water partition coefficient (Wildman–Crippen LogP) is 0.622. The number of aliphatic hydroxyl groups is 2. The van der Waals surface area contributed by atoms with E-state index in [0.717, 1.165) is 37.6 Å².